The van der Waals surface area contributed by atoms with E-state index in [1.165, 1.54) is 24.9 Å². The summed E-state index contributed by atoms with van der Waals surface area (Å²) in [5, 5.41) is 0. The summed E-state index contributed by atoms with van der Waals surface area (Å²) >= 11 is 0. The van der Waals surface area contributed by atoms with E-state index in [0.717, 1.165) is 37.5 Å². The number of methoxy groups -OCH3 is 1. The zero-order valence-corrected chi connectivity index (χ0v) is 18.9. The van der Waals surface area contributed by atoms with Crippen molar-refractivity contribution < 1.29 is 9.53 Å². The Morgan fingerprint density at radius 2 is 1.57 bits per heavy atom. The monoisotopic (exact) mass is 408 g/mol. The molecular formula is C26H36N2O2. The summed E-state index contributed by atoms with van der Waals surface area (Å²) in [7, 11) is 3.80. The van der Waals surface area contributed by atoms with E-state index in [9.17, 15) is 4.79 Å². The van der Waals surface area contributed by atoms with Crippen LogP contribution in [-0.4, -0.2) is 55.9 Å². The number of carbonyl (C=O) groups excluding carboxylic acids is 1. The van der Waals surface area contributed by atoms with Crippen LogP contribution in [0.25, 0.3) is 6.08 Å². The van der Waals surface area contributed by atoms with Crippen LogP contribution in [0.5, 0.6) is 5.75 Å². The number of ketones is 1. The van der Waals surface area contributed by atoms with E-state index < -0.39 is 0 Å². The molecule has 0 N–H and O–H groups in total. The number of hydrogen-bond acceptors (Lipinski definition) is 4. The van der Waals surface area contributed by atoms with E-state index in [-0.39, 0.29) is 5.78 Å². The van der Waals surface area contributed by atoms with Gasteiger partial charge in [-0.3, -0.25) is 4.79 Å². The molecule has 0 unspecified atom stereocenters. The van der Waals surface area contributed by atoms with Gasteiger partial charge in [-0.2, -0.15) is 0 Å². The van der Waals surface area contributed by atoms with Gasteiger partial charge >= 0.3 is 0 Å². The summed E-state index contributed by atoms with van der Waals surface area (Å²) in [6.07, 6.45) is 5.90. The molecule has 0 atom stereocenters. The fourth-order valence-electron chi connectivity index (χ4n) is 3.41. The molecule has 4 nitrogen and oxygen atoms in total. The quantitative estimate of drug-likeness (QED) is 0.261. The van der Waals surface area contributed by atoms with Crippen molar-refractivity contribution in [2.24, 2.45) is 0 Å². The molecule has 0 heterocycles. The van der Waals surface area contributed by atoms with Crippen LogP contribution < -0.4 is 4.74 Å². The maximum absolute atomic E-state index is 12.4. The van der Waals surface area contributed by atoms with E-state index in [1.807, 2.05) is 42.5 Å². The summed E-state index contributed by atoms with van der Waals surface area (Å²) in [4.78, 5) is 17.2. The highest BCUT2D eigenvalue weighted by Gasteiger charge is 2.05. The molecule has 0 aliphatic rings. The predicted octanol–water partition coefficient (Wildman–Crippen LogP) is 5.15. The highest BCUT2D eigenvalue weighted by Crippen LogP contribution is 2.13. The predicted molar refractivity (Wildman–Crippen MR) is 126 cm³/mol. The van der Waals surface area contributed by atoms with Gasteiger partial charge in [0.1, 0.15) is 5.75 Å². The second kappa shape index (κ2) is 13.0. The topological polar surface area (TPSA) is 32.8 Å². The molecule has 30 heavy (non-hydrogen) atoms. The average molecular weight is 409 g/mol. The lowest BCUT2D eigenvalue weighted by Crippen LogP contribution is -2.25. The lowest BCUT2D eigenvalue weighted by molar-refractivity contribution is 0.104. The Hall–Kier alpha value is -2.43. The maximum atomic E-state index is 12.4. The van der Waals surface area contributed by atoms with Crippen molar-refractivity contribution in [3.05, 3.63) is 71.3 Å². The number of ether oxygens (including phenoxy) is 1. The number of nitrogens with zero attached hydrogens (tertiary/aromatic N) is 2. The van der Waals surface area contributed by atoms with E-state index in [4.69, 9.17) is 4.74 Å². The number of unbranched alkanes of at least 4 members (excludes halogenated alkanes) is 1. The fourth-order valence-corrected chi connectivity index (χ4v) is 3.41. The minimum atomic E-state index is 0.0159. The summed E-state index contributed by atoms with van der Waals surface area (Å²) in [5.41, 5.74) is 2.92. The van der Waals surface area contributed by atoms with Gasteiger partial charge < -0.3 is 14.5 Å². The number of benzene rings is 2. The van der Waals surface area contributed by atoms with Gasteiger partial charge in [0.15, 0.2) is 5.78 Å². The SMILES string of the molecule is CCN(CC)CCCCN(C)Cc1ccc(C(=O)C=Cc2ccc(OC)cc2)cc1. The van der Waals surface area contributed by atoms with E-state index in [2.05, 4.69) is 42.8 Å². The van der Waals surface area contributed by atoms with E-state index in [1.54, 1.807) is 13.2 Å². The molecule has 162 valence electrons. The molecule has 0 aliphatic heterocycles. The highest BCUT2D eigenvalue weighted by atomic mass is 16.5. The largest absolute Gasteiger partial charge is 0.497 e. The van der Waals surface area contributed by atoms with E-state index in [0.29, 0.717) is 5.56 Å². The molecular weight excluding hydrogens is 372 g/mol. The first-order valence-electron chi connectivity index (χ1n) is 10.9. The molecule has 0 fully saturated rings. The lowest BCUT2D eigenvalue weighted by atomic mass is 10.1. The Kier molecular flexibility index (Phi) is 10.3. The van der Waals surface area contributed by atoms with Gasteiger partial charge in [0.2, 0.25) is 0 Å². The molecule has 0 radical (unpaired) electrons. The minimum Gasteiger partial charge on any atom is -0.497 e. The smallest absolute Gasteiger partial charge is 0.185 e. The number of allylic oxidation sites excluding steroid dienone is 1. The molecule has 4 heteroatoms. The third-order valence-electron chi connectivity index (χ3n) is 5.39. The van der Waals surface area contributed by atoms with Crippen LogP contribution in [0, 0.1) is 0 Å². The van der Waals surface area contributed by atoms with Crippen LogP contribution >= 0.6 is 0 Å². The highest BCUT2D eigenvalue weighted by molar-refractivity contribution is 6.06. The van der Waals surface area contributed by atoms with Gasteiger partial charge in [-0.25, -0.2) is 0 Å². The number of hydrogen-bond donors (Lipinski definition) is 0. The molecule has 2 aromatic carbocycles. The van der Waals surface area contributed by atoms with Crippen molar-refractivity contribution in [3.8, 4) is 5.75 Å². The Balaban J connectivity index is 1.79. The van der Waals surface area contributed by atoms with Gasteiger partial charge in [0.25, 0.3) is 0 Å². The normalized spacial score (nSPS) is 11.5. The summed E-state index contributed by atoms with van der Waals surface area (Å²) in [6.45, 7) is 9.88. The van der Waals surface area contributed by atoms with E-state index >= 15 is 0 Å². The van der Waals surface area contributed by atoms with Gasteiger partial charge in [0.05, 0.1) is 7.11 Å². The van der Waals surface area contributed by atoms with Crippen molar-refractivity contribution >= 4 is 11.9 Å². The van der Waals surface area contributed by atoms with Gasteiger partial charge in [-0.05, 0) is 75.4 Å². The molecule has 0 bridgehead atoms. The van der Waals surface area contributed by atoms with Crippen LogP contribution in [0.4, 0.5) is 0 Å². The molecule has 0 aliphatic carbocycles. The van der Waals surface area contributed by atoms with Crippen molar-refractivity contribution in [2.75, 3.05) is 40.3 Å². The van der Waals surface area contributed by atoms with Crippen molar-refractivity contribution in [2.45, 2.75) is 33.2 Å². The lowest BCUT2D eigenvalue weighted by Gasteiger charge is -2.20. The van der Waals surface area contributed by atoms with Gasteiger partial charge in [-0.1, -0.05) is 56.3 Å². The van der Waals surface area contributed by atoms with Crippen LogP contribution in [-0.2, 0) is 6.54 Å². The average Bonchev–Trinajstić information content (AvgIpc) is 2.78. The van der Waals surface area contributed by atoms with Crippen LogP contribution in [0.3, 0.4) is 0 Å². The zero-order valence-electron chi connectivity index (χ0n) is 18.9. The summed E-state index contributed by atoms with van der Waals surface area (Å²) in [5.74, 6) is 0.824. The van der Waals surface area contributed by atoms with Crippen LogP contribution in [0.15, 0.2) is 54.6 Å². The molecule has 2 rings (SSSR count). The van der Waals surface area contributed by atoms with Crippen molar-refractivity contribution in [1.82, 2.24) is 9.80 Å². The van der Waals surface area contributed by atoms with Crippen LogP contribution in [0.2, 0.25) is 0 Å². The Labute approximate surface area is 182 Å². The molecule has 0 aromatic heterocycles. The molecule has 0 amide bonds. The molecule has 0 spiro atoms. The second-order valence-corrected chi connectivity index (χ2v) is 7.64. The van der Waals surface area contributed by atoms with Crippen molar-refractivity contribution in [1.29, 1.82) is 0 Å². The third-order valence-corrected chi connectivity index (χ3v) is 5.39. The number of carbonyl (C=O) groups is 1. The fraction of sp³-hybridized carbons (Fsp3) is 0.423. The molecule has 2 aromatic rings. The maximum Gasteiger partial charge on any atom is 0.185 e. The third kappa shape index (κ3) is 8.13. The molecule has 0 saturated heterocycles. The Bertz CT molecular complexity index is 778. The standard InChI is InChI=1S/C26H36N2O2/c1-5-28(6-2)20-8-7-19-27(3)21-23-9-14-24(15-10-23)26(29)18-13-22-11-16-25(30-4)17-12-22/h9-18H,5-8,19-21H2,1-4H3. The second-order valence-electron chi connectivity index (χ2n) is 7.64. The Morgan fingerprint density at radius 3 is 2.17 bits per heavy atom. The first-order chi connectivity index (χ1) is 14.5. The summed E-state index contributed by atoms with van der Waals surface area (Å²) < 4.78 is 5.15. The summed E-state index contributed by atoms with van der Waals surface area (Å²) in [6, 6.07) is 15.6. The van der Waals surface area contributed by atoms with Gasteiger partial charge in [-0.15, -0.1) is 0 Å². The molecule has 0 saturated carbocycles. The Morgan fingerprint density at radius 1 is 0.933 bits per heavy atom. The van der Waals surface area contributed by atoms with Gasteiger partial charge in [0, 0.05) is 12.1 Å². The van der Waals surface area contributed by atoms with Crippen molar-refractivity contribution in [3.63, 3.8) is 0 Å². The minimum absolute atomic E-state index is 0.0159. The zero-order chi connectivity index (χ0) is 21.8. The number of rotatable bonds is 13. The first kappa shape index (κ1) is 23.8. The first-order valence-corrected chi connectivity index (χ1v) is 10.9. The van der Waals surface area contributed by atoms with Crippen LogP contribution in [0.1, 0.15) is 48.2 Å².